The predicted octanol–water partition coefficient (Wildman–Crippen LogP) is 3.25. The highest BCUT2D eigenvalue weighted by molar-refractivity contribution is 9.10. The van der Waals surface area contributed by atoms with Gasteiger partial charge in [-0.25, -0.2) is 0 Å². The van der Waals surface area contributed by atoms with E-state index in [0.29, 0.717) is 18.7 Å². The van der Waals surface area contributed by atoms with Crippen LogP contribution in [0.1, 0.15) is 18.9 Å². The van der Waals surface area contributed by atoms with Crippen LogP contribution < -0.4 is 11.2 Å². The molecule has 0 saturated carbocycles. The molecular formula is C14H17BrN2O2. The van der Waals surface area contributed by atoms with Gasteiger partial charge >= 0.3 is 0 Å². The van der Waals surface area contributed by atoms with Crippen molar-refractivity contribution >= 4 is 27.2 Å². The second-order valence-corrected chi connectivity index (χ2v) is 5.87. The Morgan fingerprint density at radius 2 is 2.11 bits per heavy atom. The number of hydrogen-bond acceptors (Lipinski definition) is 4. The fourth-order valence-electron chi connectivity index (χ4n) is 2.00. The third-order valence-electron chi connectivity index (χ3n) is 2.90. The third kappa shape index (κ3) is 3.37. The molecule has 1 aromatic rings. The Morgan fingerprint density at radius 3 is 2.68 bits per heavy atom. The number of rotatable bonds is 4. The molecule has 0 saturated heterocycles. The maximum Gasteiger partial charge on any atom is 0.107 e. The van der Waals surface area contributed by atoms with Gasteiger partial charge in [-0.3, -0.25) is 10.7 Å². The van der Waals surface area contributed by atoms with E-state index in [1.54, 1.807) is 12.1 Å². The van der Waals surface area contributed by atoms with Gasteiger partial charge in [0.25, 0.3) is 0 Å². The largest absolute Gasteiger partial charge is 0.497 e. The van der Waals surface area contributed by atoms with Crippen molar-refractivity contribution in [1.29, 1.82) is 0 Å². The number of anilines is 1. The molecule has 0 aliphatic heterocycles. The molecule has 1 atom stereocenters. The summed E-state index contributed by atoms with van der Waals surface area (Å²) in [4.78, 5) is 0. The van der Waals surface area contributed by atoms with Crippen molar-refractivity contribution in [2.24, 2.45) is 5.73 Å². The number of halogens is 1. The van der Waals surface area contributed by atoms with Crippen LogP contribution in [0.15, 0.2) is 42.2 Å². The van der Waals surface area contributed by atoms with E-state index in [9.17, 15) is 0 Å². The highest BCUT2D eigenvalue weighted by atomic mass is 79.9. The zero-order chi connectivity index (χ0) is 13.9. The van der Waals surface area contributed by atoms with Gasteiger partial charge in [0, 0.05) is 12.0 Å². The lowest BCUT2D eigenvalue weighted by Crippen LogP contribution is -2.32. The zero-order valence-electron chi connectivity index (χ0n) is 10.7. The van der Waals surface area contributed by atoms with Gasteiger partial charge in [-0.05, 0) is 24.6 Å². The van der Waals surface area contributed by atoms with Crippen LogP contribution in [0.5, 0.6) is 0 Å². The van der Waals surface area contributed by atoms with Crippen LogP contribution in [-0.4, -0.2) is 16.3 Å². The first-order chi connectivity index (χ1) is 9.05. The van der Waals surface area contributed by atoms with E-state index < -0.39 is 4.45 Å². The molecule has 4 N–H and O–H groups in total. The van der Waals surface area contributed by atoms with Gasteiger partial charge in [-0.2, -0.15) is 0 Å². The molecule has 2 rings (SSSR count). The molecule has 1 aliphatic carbocycles. The van der Waals surface area contributed by atoms with Gasteiger partial charge in [-0.15, -0.1) is 0 Å². The number of ether oxygens (including phenoxy) is 1. The average Bonchev–Trinajstić information content (AvgIpc) is 2.39. The topological polar surface area (TPSA) is 67.5 Å². The first-order valence-electron chi connectivity index (χ1n) is 6.09. The predicted molar refractivity (Wildman–Crippen MR) is 80.0 cm³/mol. The highest BCUT2D eigenvalue weighted by Crippen LogP contribution is 2.35. The summed E-state index contributed by atoms with van der Waals surface area (Å²) < 4.78 is 5.15. The van der Waals surface area contributed by atoms with Crippen molar-refractivity contribution in [2.75, 3.05) is 12.1 Å². The van der Waals surface area contributed by atoms with Crippen LogP contribution in [0, 0.1) is 0 Å². The number of alkyl halides is 1. The maximum absolute atomic E-state index is 8.82. The minimum atomic E-state index is -0.548. The number of benzene rings is 1. The molecule has 0 spiro atoms. The Balaban J connectivity index is 2.36. The molecule has 1 unspecified atom stereocenters. The molecule has 0 fully saturated rings. The number of nitrogens with one attached hydrogen (secondary N) is 1. The normalized spacial score (nSPS) is 22.5. The molecule has 5 heteroatoms. The van der Waals surface area contributed by atoms with Crippen molar-refractivity contribution in [3.05, 3.63) is 47.7 Å². The molecule has 19 heavy (non-hydrogen) atoms. The molecule has 102 valence electrons. The van der Waals surface area contributed by atoms with Crippen molar-refractivity contribution in [1.82, 2.24) is 0 Å². The Bertz CT molecular complexity index is 507. The van der Waals surface area contributed by atoms with E-state index in [4.69, 9.17) is 15.7 Å². The van der Waals surface area contributed by atoms with Crippen molar-refractivity contribution < 1.29 is 9.94 Å². The van der Waals surface area contributed by atoms with Gasteiger partial charge in [0.1, 0.15) is 5.76 Å². The summed E-state index contributed by atoms with van der Waals surface area (Å²) in [7, 11) is 0. The Labute approximate surface area is 121 Å². The summed E-state index contributed by atoms with van der Waals surface area (Å²) in [5.41, 5.74) is 10.9. The standard InChI is InChI=1S/C14H17BrN2O2/c1-2-19-13-9-14(15,16)8-7-12(13)10-3-5-11(17-18)6-4-10/h3-8,17-18H,2,9,16H2,1H3. The van der Waals surface area contributed by atoms with Crippen molar-refractivity contribution in [2.45, 2.75) is 17.8 Å². The maximum atomic E-state index is 8.82. The minimum absolute atomic E-state index is 0.548. The van der Waals surface area contributed by atoms with Crippen LogP contribution >= 0.6 is 15.9 Å². The zero-order valence-corrected chi connectivity index (χ0v) is 12.3. The molecule has 0 heterocycles. The van der Waals surface area contributed by atoms with Crippen LogP contribution in [0.3, 0.4) is 0 Å². The van der Waals surface area contributed by atoms with Gasteiger partial charge in [-0.1, -0.05) is 40.2 Å². The lowest BCUT2D eigenvalue weighted by atomic mass is 9.95. The molecular weight excluding hydrogens is 308 g/mol. The molecule has 0 amide bonds. The third-order valence-corrected chi connectivity index (χ3v) is 3.45. The second-order valence-electron chi connectivity index (χ2n) is 4.40. The molecule has 0 radical (unpaired) electrons. The van der Waals surface area contributed by atoms with Crippen LogP contribution in [-0.2, 0) is 4.74 Å². The van der Waals surface area contributed by atoms with Crippen LogP contribution in [0.2, 0.25) is 0 Å². The molecule has 0 bridgehead atoms. The summed E-state index contributed by atoms with van der Waals surface area (Å²) in [6.07, 6.45) is 4.49. The number of allylic oxidation sites excluding steroid dienone is 2. The summed E-state index contributed by atoms with van der Waals surface area (Å²) in [6.45, 7) is 2.56. The number of nitrogens with two attached hydrogens (primary N) is 1. The fourth-order valence-corrected chi connectivity index (χ4v) is 2.39. The highest BCUT2D eigenvalue weighted by Gasteiger charge is 2.26. The summed E-state index contributed by atoms with van der Waals surface area (Å²) in [5.74, 6) is 0.870. The van der Waals surface area contributed by atoms with E-state index in [2.05, 4.69) is 21.4 Å². The first-order valence-corrected chi connectivity index (χ1v) is 6.88. The fraction of sp³-hybridized carbons (Fsp3) is 0.286. The SMILES string of the molecule is CCOC1=C(c2ccc(NO)cc2)C=CC(N)(Br)C1. The molecule has 4 nitrogen and oxygen atoms in total. The van der Waals surface area contributed by atoms with E-state index in [-0.39, 0.29) is 0 Å². The summed E-state index contributed by atoms with van der Waals surface area (Å²) in [6, 6.07) is 7.46. The average molecular weight is 325 g/mol. The minimum Gasteiger partial charge on any atom is -0.497 e. The van der Waals surface area contributed by atoms with Crippen molar-refractivity contribution in [3.63, 3.8) is 0 Å². The summed E-state index contributed by atoms with van der Waals surface area (Å²) in [5, 5.41) is 8.82. The van der Waals surface area contributed by atoms with E-state index in [1.807, 2.05) is 31.2 Å². The Kier molecular flexibility index (Phi) is 4.29. The monoisotopic (exact) mass is 324 g/mol. The number of hydrogen-bond donors (Lipinski definition) is 3. The molecule has 0 aromatic heterocycles. The lowest BCUT2D eigenvalue weighted by molar-refractivity contribution is 0.216. The lowest BCUT2D eigenvalue weighted by Gasteiger charge is -2.26. The smallest absolute Gasteiger partial charge is 0.107 e. The van der Waals surface area contributed by atoms with Crippen LogP contribution in [0.25, 0.3) is 5.57 Å². The van der Waals surface area contributed by atoms with Gasteiger partial charge in [0.05, 0.1) is 16.7 Å². The second kappa shape index (κ2) is 5.77. The van der Waals surface area contributed by atoms with Crippen LogP contribution in [0.4, 0.5) is 5.69 Å². The van der Waals surface area contributed by atoms with Gasteiger partial charge in [0.15, 0.2) is 0 Å². The molecule has 1 aromatic carbocycles. The Hall–Kier alpha value is -1.30. The molecule has 1 aliphatic rings. The Morgan fingerprint density at radius 1 is 1.42 bits per heavy atom. The first kappa shape index (κ1) is 14.1. The van der Waals surface area contributed by atoms with E-state index >= 15 is 0 Å². The van der Waals surface area contributed by atoms with E-state index in [1.165, 1.54) is 0 Å². The van der Waals surface area contributed by atoms with Gasteiger partial charge < -0.3 is 10.5 Å². The van der Waals surface area contributed by atoms with E-state index in [0.717, 1.165) is 16.9 Å². The summed E-state index contributed by atoms with van der Waals surface area (Å²) >= 11 is 3.46. The quantitative estimate of drug-likeness (QED) is 0.452. The van der Waals surface area contributed by atoms with Crippen molar-refractivity contribution in [3.8, 4) is 0 Å². The van der Waals surface area contributed by atoms with Gasteiger partial charge in [0.2, 0.25) is 0 Å².